The number of hydrogen-bond donors (Lipinski definition) is 0. The number of aromatic nitrogens is 1. The molecule has 1 aromatic heterocycles. The third-order valence-corrected chi connectivity index (χ3v) is 4.08. The first-order chi connectivity index (χ1) is 8.42. The van der Waals surface area contributed by atoms with Gasteiger partial charge in [-0.2, -0.15) is 0 Å². The lowest BCUT2D eigenvalue weighted by molar-refractivity contribution is 0.0457. The van der Waals surface area contributed by atoms with Crippen molar-refractivity contribution >= 4 is 0 Å². The van der Waals surface area contributed by atoms with E-state index in [4.69, 9.17) is 0 Å². The minimum Gasteiger partial charge on any atom is -0.298 e. The summed E-state index contributed by atoms with van der Waals surface area (Å²) in [6.45, 7) is 6.15. The third kappa shape index (κ3) is 2.67. The van der Waals surface area contributed by atoms with Crippen molar-refractivity contribution in [2.75, 3.05) is 26.2 Å². The largest absolute Gasteiger partial charge is 0.298 e. The summed E-state index contributed by atoms with van der Waals surface area (Å²) in [5.74, 6) is 0. The van der Waals surface area contributed by atoms with Crippen LogP contribution in [0.2, 0.25) is 0 Å². The number of hydrogen-bond acceptors (Lipinski definition) is 3. The number of piperidine rings is 1. The molecule has 0 N–H and O–H groups in total. The van der Waals surface area contributed by atoms with E-state index in [9.17, 15) is 0 Å². The molecule has 2 saturated heterocycles. The molecule has 3 heteroatoms. The standard InChI is InChI=1S/C14H21N3/c1-2-8-17-10-9-16(12-14(17)3-1)11-13-4-6-15-7-5-13/h4-7,14H,1-3,8-12H2. The molecule has 0 spiro atoms. The van der Waals surface area contributed by atoms with Crippen molar-refractivity contribution < 1.29 is 0 Å². The molecule has 1 atom stereocenters. The lowest BCUT2D eigenvalue weighted by Gasteiger charge is -2.44. The second-order valence-corrected chi connectivity index (χ2v) is 5.28. The van der Waals surface area contributed by atoms with Gasteiger partial charge in [0.15, 0.2) is 0 Å². The van der Waals surface area contributed by atoms with E-state index in [1.807, 2.05) is 12.4 Å². The van der Waals surface area contributed by atoms with Crippen molar-refractivity contribution in [3.63, 3.8) is 0 Å². The lowest BCUT2D eigenvalue weighted by Crippen LogP contribution is -2.54. The van der Waals surface area contributed by atoms with Crippen LogP contribution >= 0.6 is 0 Å². The molecule has 0 radical (unpaired) electrons. The molecule has 2 aliphatic rings. The Hall–Kier alpha value is -0.930. The first-order valence-electron chi connectivity index (χ1n) is 6.77. The highest BCUT2D eigenvalue weighted by molar-refractivity contribution is 5.09. The zero-order chi connectivity index (χ0) is 11.5. The topological polar surface area (TPSA) is 19.4 Å². The molecule has 1 unspecified atom stereocenters. The van der Waals surface area contributed by atoms with E-state index < -0.39 is 0 Å². The van der Waals surface area contributed by atoms with Crippen LogP contribution in [0, 0.1) is 0 Å². The molecule has 1 aromatic rings. The van der Waals surface area contributed by atoms with Crippen molar-refractivity contribution in [3.8, 4) is 0 Å². The molecule has 92 valence electrons. The van der Waals surface area contributed by atoms with Gasteiger partial charge in [-0.25, -0.2) is 0 Å². The molecule has 0 bridgehead atoms. The maximum absolute atomic E-state index is 4.08. The Bertz CT molecular complexity index is 352. The molecule has 2 aliphatic heterocycles. The highest BCUT2D eigenvalue weighted by atomic mass is 15.3. The Morgan fingerprint density at radius 2 is 2.00 bits per heavy atom. The van der Waals surface area contributed by atoms with Gasteiger partial charge < -0.3 is 0 Å². The molecule has 3 heterocycles. The SMILES string of the molecule is c1cc(CN2CCN3CCCCC3C2)ccn1. The summed E-state index contributed by atoms with van der Waals surface area (Å²) in [7, 11) is 0. The van der Waals surface area contributed by atoms with Gasteiger partial charge in [0.05, 0.1) is 0 Å². The second kappa shape index (κ2) is 5.15. The van der Waals surface area contributed by atoms with Gasteiger partial charge in [-0.3, -0.25) is 14.8 Å². The minimum atomic E-state index is 0.819. The van der Waals surface area contributed by atoms with Crippen molar-refractivity contribution in [1.29, 1.82) is 0 Å². The zero-order valence-corrected chi connectivity index (χ0v) is 10.4. The Morgan fingerprint density at radius 3 is 2.88 bits per heavy atom. The predicted octanol–water partition coefficient (Wildman–Crippen LogP) is 1.75. The third-order valence-electron chi connectivity index (χ3n) is 4.08. The van der Waals surface area contributed by atoms with Gasteiger partial charge in [0, 0.05) is 44.6 Å². The summed E-state index contributed by atoms with van der Waals surface area (Å²) >= 11 is 0. The monoisotopic (exact) mass is 231 g/mol. The quantitative estimate of drug-likeness (QED) is 0.773. The molecule has 0 aromatic carbocycles. The lowest BCUT2D eigenvalue weighted by atomic mass is 9.99. The van der Waals surface area contributed by atoms with Crippen LogP contribution in [-0.4, -0.2) is 47.0 Å². The summed E-state index contributed by atoms with van der Waals surface area (Å²) in [6.07, 6.45) is 8.01. The van der Waals surface area contributed by atoms with Crippen LogP contribution < -0.4 is 0 Å². The van der Waals surface area contributed by atoms with Gasteiger partial charge in [0.25, 0.3) is 0 Å². The highest BCUT2D eigenvalue weighted by Crippen LogP contribution is 2.21. The molecule has 2 fully saturated rings. The number of fused-ring (bicyclic) bond motifs is 1. The van der Waals surface area contributed by atoms with Gasteiger partial charge in [0.2, 0.25) is 0 Å². The Balaban J connectivity index is 1.59. The van der Waals surface area contributed by atoms with Gasteiger partial charge in [-0.1, -0.05) is 6.42 Å². The van der Waals surface area contributed by atoms with Crippen LogP contribution in [0.1, 0.15) is 24.8 Å². The first kappa shape index (κ1) is 11.2. The van der Waals surface area contributed by atoms with Crippen LogP contribution in [-0.2, 0) is 6.54 Å². The Labute approximate surface area is 103 Å². The zero-order valence-electron chi connectivity index (χ0n) is 10.4. The smallest absolute Gasteiger partial charge is 0.0271 e. The van der Waals surface area contributed by atoms with Crippen molar-refractivity contribution in [2.24, 2.45) is 0 Å². The van der Waals surface area contributed by atoms with Gasteiger partial charge >= 0.3 is 0 Å². The fourth-order valence-corrected chi connectivity index (χ4v) is 3.11. The van der Waals surface area contributed by atoms with Crippen molar-refractivity contribution in [1.82, 2.24) is 14.8 Å². The van der Waals surface area contributed by atoms with E-state index in [0.717, 1.165) is 12.6 Å². The van der Waals surface area contributed by atoms with Gasteiger partial charge in [-0.15, -0.1) is 0 Å². The van der Waals surface area contributed by atoms with Crippen LogP contribution in [0.3, 0.4) is 0 Å². The molecule has 3 nitrogen and oxygen atoms in total. The summed E-state index contributed by atoms with van der Waals surface area (Å²) in [5, 5.41) is 0. The summed E-state index contributed by atoms with van der Waals surface area (Å²) < 4.78 is 0. The molecule has 0 amide bonds. The highest BCUT2D eigenvalue weighted by Gasteiger charge is 2.28. The minimum absolute atomic E-state index is 0.819. The van der Waals surface area contributed by atoms with E-state index in [2.05, 4.69) is 26.9 Å². The first-order valence-corrected chi connectivity index (χ1v) is 6.77. The van der Waals surface area contributed by atoms with Gasteiger partial charge in [0.1, 0.15) is 0 Å². The molecule has 0 saturated carbocycles. The van der Waals surface area contributed by atoms with Crippen LogP contribution in [0.4, 0.5) is 0 Å². The van der Waals surface area contributed by atoms with Gasteiger partial charge in [-0.05, 0) is 37.1 Å². The van der Waals surface area contributed by atoms with Crippen molar-refractivity contribution in [3.05, 3.63) is 30.1 Å². The molecule has 17 heavy (non-hydrogen) atoms. The van der Waals surface area contributed by atoms with Crippen LogP contribution in [0.15, 0.2) is 24.5 Å². The summed E-state index contributed by atoms with van der Waals surface area (Å²) in [5.41, 5.74) is 1.39. The number of nitrogens with zero attached hydrogens (tertiary/aromatic N) is 3. The molecule has 3 rings (SSSR count). The van der Waals surface area contributed by atoms with E-state index in [1.165, 1.54) is 51.0 Å². The Kier molecular flexibility index (Phi) is 3.39. The maximum atomic E-state index is 4.08. The van der Waals surface area contributed by atoms with E-state index in [1.54, 1.807) is 0 Å². The normalized spacial score (nSPS) is 26.7. The fraction of sp³-hybridized carbons (Fsp3) is 0.643. The van der Waals surface area contributed by atoms with E-state index >= 15 is 0 Å². The fourth-order valence-electron chi connectivity index (χ4n) is 3.11. The molecular formula is C14H21N3. The van der Waals surface area contributed by atoms with Crippen LogP contribution in [0.5, 0.6) is 0 Å². The van der Waals surface area contributed by atoms with Crippen molar-refractivity contribution in [2.45, 2.75) is 31.8 Å². The predicted molar refractivity (Wildman–Crippen MR) is 68.7 cm³/mol. The second-order valence-electron chi connectivity index (χ2n) is 5.28. The van der Waals surface area contributed by atoms with E-state index in [-0.39, 0.29) is 0 Å². The number of pyridine rings is 1. The number of rotatable bonds is 2. The molecular weight excluding hydrogens is 210 g/mol. The van der Waals surface area contributed by atoms with Crippen LogP contribution in [0.25, 0.3) is 0 Å². The molecule has 0 aliphatic carbocycles. The van der Waals surface area contributed by atoms with E-state index in [0.29, 0.717) is 0 Å². The average molecular weight is 231 g/mol. The average Bonchev–Trinajstić information content (AvgIpc) is 2.40. The Morgan fingerprint density at radius 1 is 1.12 bits per heavy atom. The maximum Gasteiger partial charge on any atom is 0.0271 e. The summed E-state index contributed by atoms with van der Waals surface area (Å²) in [6, 6.07) is 5.08. The summed E-state index contributed by atoms with van der Waals surface area (Å²) in [4.78, 5) is 9.36. The number of piperazine rings is 1.